The van der Waals surface area contributed by atoms with Gasteiger partial charge in [0.1, 0.15) is 0 Å². The van der Waals surface area contributed by atoms with E-state index < -0.39 is 11.9 Å². The maximum absolute atomic E-state index is 12.1. The molecule has 6 heteroatoms. The molecule has 1 amide bonds. The van der Waals surface area contributed by atoms with Crippen LogP contribution in [0.1, 0.15) is 33.2 Å². The quantitative estimate of drug-likeness (QED) is 0.778. The number of H-pyrrole nitrogens is 1. The Labute approximate surface area is 122 Å². The van der Waals surface area contributed by atoms with Gasteiger partial charge >= 0.3 is 5.97 Å². The molecule has 0 aliphatic carbocycles. The number of nitrogens with zero attached hydrogens (tertiary/aromatic N) is 1. The molecule has 0 aliphatic heterocycles. The van der Waals surface area contributed by atoms with Gasteiger partial charge in [0.15, 0.2) is 0 Å². The number of aromatic nitrogens is 2. The topological polar surface area (TPSA) is 95.1 Å². The number of aliphatic carboxylic acids is 1. The summed E-state index contributed by atoms with van der Waals surface area (Å²) < 4.78 is 0. The van der Waals surface area contributed by atoms with Crippen LogP contribution >= 0.6 is 0 Å². The van der Waals surface area contributed by atoms with E-state index in [2.05, 4.69) is 15.5 Å². The van der Waals surface area contributed by atoms with Gasteiger partial charge in [-0.15, -0.1) is 0 Å². The molecular weight excluding hydrogens is 270 g/mol. The van der Waals surface area contributed by atoms with Crippen LogP contribution in [0.2, 0.25) is 0 Å². The van der Waals surface area contributed by atoms with Gasteiger partial charge in [0, 0.05) is 12.2 Å². The van der Waals surface area contributed by atoms with Crippen LogP contribution in [0, 0.1) is 13.8 Å². The first kappa shape index (κ1) is 14.8. The van der Waals surface area contributed by atoms with E-state index in [4.69, 9.17) is 0 Å². The molecule has 0 saturated carbocycles. The minimum Gasteiger partial charge on any atom is -0.481 e. The normalized spacial score (nSPS) is 11.9. The van der Waals surface area contributed by atoms with Crippen LogP contribution in [0.15, 0.2) is 30.3 Å². The maximum atomic E-state index is 12.1. The minimum absolute atomic E-state index is 0.0300. The van der Waals surface area contributed by atoms with Crippen molar-refractivity contribution < 1.29 is 14.7 Å². The van der Waals surface area contributed by atoms with Crippen LogP contribution in [0.25, 0.3) is 0 Å². The minimum atomic E-state index is -0.970. The Kier molecular flexibility index (Phi) is 4.37. The van der Waals surface area contributed by atoms with Gasteiger partial charge in [0.05, 0.1) is 17.2 Å². The first-order valence-corrected chi connectivity index (χ1v) is 6.58. The molecular formula is C15H17N3O3. The van der Waals surface area contributed by atoms with Crippen molar-refractivity contribution in [2.45, 2.75) is 19.8 Å². The predicted molar refractivity (Wildman–Crippen MR) is 77.2 cm³/mol. The van der Waals surface area contributed by atoms with Gasteiger partial charge in [-0.3, -0.25) is 14.7 Å². The maximum Gasteiger partial charge on any atom is 0.312 e. The van der Waals surface area contributed by atoms with E-state index in [-0.39, 0.29) is 12.5 Å². The molecule has 0 saturated heterocycles. The highest BCUT2D eigenvalue weighted by Gasteiger charge is 2.22. The summed E-state index contributed by atoms with van der Waals surface area (Å²) in [4.78, 5) is 23.5. The molecule has 0 spiro atoms. The summed E-state index contributed by atoms with van der Waals surface area (Å²) in [5, 5.41) is 18.7. The number of rotatable bonds is 5. The van der Waals surface area contributed by atoms with Crippen molar-refractivity contribution in [2.75, 3.05) is 6.54 Å². The summed E-state index contributed by atoms with van der Waals surface area (Å²) in [6.45, 7) is 3.51. The van der Waals surface area contributed by atoms with E-state index in [1.807, 2.05) is 6.07 Å². The number of benzene rings is 1. The Hall–Kier alpha value is -2.63. The van der Waals surface area contributed by atoms with Crippen molar-refractivity contribution in [2.24, 2.45) is 0 Å². The summed E-state index contributed by atoms with van der Waals surface area (Å²) in [6.07, 6.45) is 0. The van der Waals surface area contributed by atoms with E-state index in [1.165, 1.54) is 0 Å². The highest BCUT2D eigenvalue weighted by atomic mass is 16.4. The Morgan fingerprint density at radius 1 is 1.29 bits per heavy atom. The second-order valence-electron chi connectivity index (χ2n) is 4.82. The molecule has 1 unspecified atom stereocenters. The van der Waals surface area contributed by atoms with Crippen LogP contribution < -0.4 is 5.32 Å². The van der Waals surface area contributed by atoms with Gasteiger partial charge in [0.25, 0.3) is 5.91 Å². The lowest BCUT2D eigenvalue weighted by Crippen LogP contribution is -2.32. The summed E-state index contributed by atoms with van der Waals surface area (Å²) >= 11 is 0. The average Bonchev–Trinajstić information content (AvgIpc) is 2.79. The third kappa shape index (κ3) is 3.28. The van der Waals surface area contributed by atoms with Crippen LogP contribution in [0.3, 0.4) is 0 Å². The standard InChI is InChI=1S/C15H17N3O3/c1-9-13(10(2)18-17-9)14(19)16-8-12(15(20)21)11-6-4-3-5-7-11/h3-7,12H,8H2,1-2H3,(H,16,19)(H,17,18)(H,20,21). The van der Waals surface area contributed by atoms with Crippen LogP contribution in [0.4, 0.5) is 0 Å². The van der Waals surface area contributed by atoms with Crippen molar-refractivity contribution >= 4 is 11.9 Å². The van der Waals surface area contributed by atoms with Crippen molar-refractivity contribution in [3.8, 4) is 0 Å². The van der Waals surface area contributed by atoms with E-state index in [1.54, 1.807) is 38.1 Å². The second-order valence-corrected chi connectivity index (χ2v) is 4.82. The lowest BCUT2D eigenvalue weighted by Gasteiger charge is -2.13. The van der Waals surface area contributed by atoms with Gasteiger partial charge in [-0.2, -0.15) is 5.10 Å². The molecule has 21 heavy (non-hydrogen) atoms. The molecule has 0 bridgehead atoms. The fraction of sp³-hybridized carbons (Fsp3) is 0.267. The number of carbonyl (C=O) groups excluding carboxylic acids is 1. The Morgan fingerprint density at radius 3 is 2.48 bits per heavy atom. The average molecular weight is 287 g/mol. The molecule has 6 nitrogen and oxygen atoms in total. The lowest BCUT2D eigenvalue weighted by atomic mass is 9.99. The number of nitrogens with one attached hydrogen (secondary N) is 2. The van der Waals surface area contributed by atoms with Crippen molar-refractivity contribution in [3.63, 3.8) is 0 Å². The molecule has 0 radical (unpaired) electrons. The second kappa shape index (κ2) is 6.21. The molecule has 2 aromatic rings. The van der Waals surface area contributed by atoms with Crippen LogP contribution in [-0.2, 0) is 4.79 Å². The van der Waals surface area contributed by atoms with Crippen molar-refractivity contribution in [1.82, 2.24) is 15.5 Å². The van der Waals surface area contributed by atoms with Crippen molar-refractivity contribution in [1.29, 1.82) is 0 Å². The molecule has 1 aromatic heterocycles. The Balaban J connectivity index is 2.10. The van der Waals surface area contributed by atoms with Gasteiger partial charge in [-0.05, 0) is 19.4 Å². The first-order valence-electron chi connectivity index (χ1n) is 6.58. The van der Waals surface area contributed by atoms with Gasteiger partial charge in [-0.25, -0.2) is 0 Å². The largest absolute Gasteiger partial charge is 0.481 e. The summed E-state index contributed by atoms with van der Waals surface area (Å²) in [7, 11) is 0. The summed E-state index contributed by atoms with van der Waals surface area (Å²) in [5.74, 6) is -2.06. The third-order valence-electron chi connectivity index (χ3n) is 3.32. The summed E-state index contributed by atoms with van der Waals surface area (Å²) in [6, 6.07) is 8.84. The van der Waals surface area contributed by atoms with E-state index >= 15 is 0 Å². The van der Waals surface area contributed by atoms with E-state index in [0.29, 0.717) is 22.5 Å². The number of aryl methyl sites for hydroxylation is 2. The fourth-order valence-electron chi connectivity index (χ4n) is 2.20. The van der Waals surface area contributed by atoms with Gasteiger partial charge < -0.3 is 10.4 Å². The molecule has 2 rings (SSSR count). The zero-order chi connectivity index (χ0) is 15.4. The highest BCUT2D eigenvalue weighted by Crippen LogP contribution is 2.15. The number of hydrogen-bond donors (Lipinski definition) is 3. The molecule has 3 N–H and O–H groups in total. The molecule has 1 heterocycles. The van der Waals surface area contributed by atoms with E-state index in [0.717, 1.165) is 0 Å². The Morgan fingerprint density at radius 2 is 1.95 bits per heavy atom. The number of carbonyl (C=O) groups is 2. The summed E-state index contributed by atoms with van der Waals surface area (Å²) in [5.41, 5.74) is 2.38. The first-order chi connectivity index (χ1) is 10.0. The predicted octanol–water partition coefficient (Wildman–Crippen LogP) is 1.62. The fourth-order valence-corrected chi connectivity index (χ4v) is 2.20. The van der Waals surface area contributed by atoms with E-state index in [9.17, 15) is 14.7 Å². The Bertz CT molecular complexity index is 630. The number of carboxylic acids is 1. The highest BCUT2D eigenvalue weighted by molar-refractivity contribution is 5.96. The molecule has 0 fully saturated rings. The van der Waals surface area contributed by atoms with Crippen LogP contribution in [-0.4, -0.2) is 33.7 Å². The van der Waals surface area contributed by atoms with Gasteiger partial charge in [-0.1, -0.05) is 30.3 Å². The third-order valence-corrected chi connectivity index (χ3v) is 3.32. The monoisotopic (exact) mass is 287 g/mol. The van der Waals surface area contributed by atoms with Crippen LogP contribution in [0.5, 0.6) is 0 Å². The smallest absolute Gasteiger partial charge is 0.312 e. The molecule has 110 valence electrons. The molecule has 0 aliphatic rings. The molecule has 1 aromatic carbocycles. The number of carboxylic acid groups (broad SMARTS) is 1. The number of aromatic amines is 1. The zero-order valence-corrected chi connectivity index (χ0v) is 11.9. The lowest BCUT2D eigenvalue weighted by molar-refractivity contribution is -0.138. The number of amides is 1. The van der Waals surface area contributed by atoms with Crippen molar-refractivity contribution in [3.05, 3.63) is 52.8 Å². The SMILES string of the molecule is Cc1n[nH]c(C)c1C(=O)NCC(C(=O)O)c1ccccc1. The molecule has 1 atom stereocenters. The zero-order valence-electron chi connectivity index (χ0n) is 11.9. The number of hydrogen-bond acceptors (Lipinski definition) is 3. The van der Waals surface area contributed by atoms with Gasteiger partial charge in [0.2, 0.25) is 0 Å².